The van der Waals surface area contributed by atoms with Crippen molar-refractivity contribution in [3.8, 4) is 0 Å². The molecule has 0 saturated heterocycles. The third kappa shape index (κ3) is 5.60. The highest BCUT2D eigenvalue weighted by Crippen LogP contribution is 2.30. The molecule has 0 atom stereocenters. The van der Waals surface area contributed by atoms with Gasteiger partial charge >= 0.3 is 12.1 Å². The molecule has 180 valence electrons. The number of alkyl halides is 3. The van der Waals surface area contributed by atoms with Crippen LogP contribution in [0, 0.1) is 6.92 Å². The average Bonchev–Trinajstić information content (AvgIpc) is 3.11. The number of halogens is 3. The smallest absolute Gasteiger partial charge is 0.416 e. The van der Waals surface area contributed by atoms with E-state index in [1.807, 2.05) is 0 Å². The Kier molecular flexibility index (Phi) is 7.35. The van der Waals surface area contributed by atoms with E-state index in [2.05, 4.69) is 15.6 Å². The molecule has 3 rings (SSSR count). The van der Waals surface area contributed by atoms with Gasteiger partial charge in [-0.1, -0.05) is 6.07 Å². The fourth-order valence-electron chi connectivity index (χ4n) is 3.06. The average molecular weight is 496 g/mol. The van der Waals surface area contributed by atoms with Crippen molar-refractivity contribution in [2.24, 2.45) is 0 Å². The van der Waals surface area contributed by atoms with Gasteiger partial charge in [-0.15, -0.1) is 11.3 Å². The maximum atomic E-state index is 12.9. The molecule has 0 aliphatic carbocycles. The molecular weight excluding hydrogens is 477 g/mol. The molecule has 2 N–H and O–H groups in total. The monoisotopic (exact) mass is 496 g/mol. The summed E-state index contributed by atoms with van der Waals surface area (Å²) in [5.74, 6) is -1.92. The van der Waals surface area contributed by atoms with E-state index in [4.69, 9.17) is 4.74 Å². The second-order valence-electron chi connectivity index (χ2n) is 7.03. The molecule has 13 heteroatoms. The Labute approximate surface area is 194 Å². The molecule has 0 unspecified atom stereocenters. The van der Waals surface area contributed by atoms with Crippen molar-refractivity contribution in [3.63, 3.8) is 0 Å². The van der Waals surface area contributed by atoms with Crippen molar-refractivity contribution in [1.29, 1.82) is 0 Å². The third-order valence-corrected chi connectivity index (χ3v) is 5.81. The van der Waals surface area contributed by atoms with Crippen LogP contribution in [0.15, 0.2) is 35.4 Å². The molecule has 0 aliphatic heterocycles. The lowest BCUT2D eigenvalue weighted by atomic mass is 10.2. The first kappa shape index (κ1) is 24.9. The van der Waals surface area contributed by atoms with Gasteiger partial charge < -0.3 is 15.4 Å². The molecule has 0 spiro atoms. The highest BCUT2D eigenvalue weighted by molar-refractivity contribution is 7.20. The molecule has 0 aliphatic rings. The number of anilines is 1. The molecule has 0 radical (unpaired) electrons. The van der Waals surface area contributed by atoms with E-state index < -0.39 is 41.6 Å². The molecular formula is C21H19F3N4O5S. The van der Waals surface area contributed by atoms with E-state index in [0.717, 1.165) is 40.4 Å². The Morgan fingerprint density at radius 3 is 2.65 bits per heavy atom. The van der Waals surface area contributed by atoms with Crippen molar-refractivity contribution in [1.82, 2.24) is 14.9 Å². The van der Waals surface area contributed by atoms with Crippen LogP contribution < -0.4 is 16.2 Å². The molecule has 0 saturated carbocycles. The summed E-state index contributed by atoms with van der Waals surface area (Å²) < 4.78 is 44.3. The summed E-state index contributed by atoms with van der Waals surface area (Å²) in [5, 5.41) is 4.86. The van der Waals surface area contributed by atoms with Crippen molar-refractivity contribution < 1.29 is 32.3 Å². The van der Waals surface area contributed by atoms with Crippen molar-refractivity contribution in [3.05, 3.63) is 57.0 Å². The number of carbonyl (C=O) groups is 3. The Balaban J connectivity index is 1.78. The largest absolute Gasteiger partial charge is 0.465 e. The number of carbonyl (C=O) groups excluding carboxylic acids is 3. The minimum absolute atomic E-state index is 0.0748. The van der Waals surface area contributed by atoms with E-state index in [1.165, 1.54) is 13.0 Å². The van der Waals surface area contributed by atoms with Crippen LogP contribution in [0.5, 0.6) is 0 Å². The number of aromatic nitrogens is 2. The minimum atomic E-state index is -4.57. The SMILES string of the molecule is CCOC(=O)CNC(=O)c1sc2ncn(CC(=O)Nc3cccc(C(F)(F)F)c3)c(=O)c2c1C. The summed E-state index contributed by atoms with van der Waals surface area (Å²) in [4.78, 5) is 53.7. The van der Waals surface area contributed by atoms with Crippen LogP contribution in [0.4, 0.5) is 18.9 Å². The lowest BCUT2D eigenvalue weighted by molar-refractivity contribution is -0.142. The summed E-state index contributed by atoms with van der Waals surface area (Å²) in [6.07, 6.45) is -3.45. The summed E-state index contributed by atoms with van der Waals surface area (Å²) in [6, 6.07) is 4.10. The summed E-state index contributed by atoms with van der Waals surface area (Å²) in [6.45, 7) is 2.49. The van der Waals surface area contributed by atoms with Crippen LogP contribution in [-0.4, -0.2) is 40.5 Å². The number of ether oxygens (including phenoxy) is 1. The maximum absolute atomic E-state index is 12.9. The van der Waals surface area contributed by atoms with Crippen LogP contribution in [-0.2, 0) is 27.0 Å². The first-order valence-electron chi connectivity index (χ1n) is 9.90. The van der Waals surface area contributed by atoms with Crippen molar-refractivity contribution in [2.45, 2.75) is 26.6 Å². The normalized spacial score (nSPS) is 11.3. The second kappa shape index (κ2) is 10.0. The standard InChI is InChI=1S/C21H19F3N4O5S/c1-3-33-15(30)8-25-18(31)17-11(2)16-19(34-17)26-10-28(20(16)32)9-14(29)27-13-6-4-5-12(7-13)21(22,23)24/h4-7,10H,3,8-9H2,1-2H3,(H,25,31)(H,27,29). The zero-order valence-corrected chi connectivity index (χ0v) is 18.8. The van der Waals surface area contributed by atoms with Gasteiger partial charge in [0.1, 0.15) is 17.9 Å². The number of fused-ring (bicyclic) bond motifs is 1. The molecule has 2 aromatic heterocycles. The molecule has 3 aromatic rings. The van der Waals surface area contributed by atoms with Gasteiger partial charge in [0.25, 0.3) is 11.5 Å². The van der Waals surface area contributed by atoms with Crippen molar-refractivity contribution >= 4 is 45.0 Å². The molecule has 34 heavy (non-hydrogen) atoms. The molecule has 1 aromatic carbocycles. The predicted octanol–water partition coefficient (Wildman–Crippen LogP) is 2.72. The van der Waals surface area contributed by atoms with Crippen molar-refractivity contribution in [2.75, 3.05) is 18.5 Å². The van der Waals surface area contributed by atoms with Gasteiger partial charge in [-0.05, 0) is 37.6 Å². The number of hydrogen-bond acceptors (Lipinski definition) is 7. The number of thiophene rings is 1. The molecule has 2 amide bonds. The third-order valence-electron chi connectivity index (χ3n) is 4.61. The minimum Gasteiger partial charge on any atom is -0.465 e. The van der Waals surface area contributed by atoms with Crippen LogP contribution in [0.2, 0.25) is 0 Å². The van der Waals surface area contributed by atoms with Gasteiger partial charge in [-0.2, -0.15) is 13.2 Å². The Morgan fingerprint density at radius 1 is 1.24 bits per heavy atom. The predicted molar refractivity (Wildman–Crippen MR) is 118 cm³/mol. The Bertz CT molecular complexity index is 1320. The Hall–Kier alpha value is -3.74. The van der Waals surface area contributed by atoms with E-state index in [1.54, 1.807) is 6.92 Å². The maximum Gasteiger partial charge on any atom is 0.416 e. The van der Waals surface area contributed by atoms with E-state index in [0.29, 0.717) is 5.56 Å². The highest BCUT2D eigenvalue weighted by atomic mass is 32.1. The number of amides is 2. The number of esters is 1. The number of rotatable bonds is 7. The zero-order chi connectivity index (χ0) is 25.0. The van der Waals surface area contributed by atoms with Crippen LogP contribution in [0.1, 0.15) is 27.7 Å². The first-order valence-corrected chi connectivity index (χ1v) is 10.7. The number of hydrogen-bond donors (Lipinski definition) is 2. The lowest BCUT2D eigenvalue weighted by Gasteiger charge is -2.10. The summed E-state index contributed by atoms with van der Waals surface area (Å²) >= 11 is 0.950. The summed E-state index contributed by atoms with van der Waals surface area (Å²) in [7, 11) is 0. The van der Waals surface area contributed by atoms with E-state index >= 15 is 0 Å². The van der Waals surface area contributed by atoms with Gasteiger partial charge in [0.15, 0.2) is 0 Å². The lowest BCUT2D eigenvalue weighted by Crippen LogP contribution is -2.30. The van der Waals surface area contributed by atoms with E-state index in [-0.39, 0.29) is 33.9 Å². The number of nitrogens with zero attached hydrogens (tertiary/aromatic N) is 2. The van der Waals surface area contributed by atoms with Gasteiger partial charge in [0, 0.05) is 5.69 Å². The fraction of sp³-hybridized carbons (Fsp3) is 0.286. The molecule has 0 bridgehead atoms. The van der Waals surface area contributed by atoms with Gasteiger partial charge in [-0.3, -0.25) is 23.7 Å². The number of nitrogens with one attached hydrogen (secondary N) is 2. The van der Waals surface area contributed by atoms with Crippen LogP contribution >= 0.6 is 11.3 Å². The number of benzene rings is 1. The fourth-order valence-corrected chi connectivity index (χ4v) is 4.12. The second-order valence-corrected chi connectivity index (χ2v) is 8.03. The van der Waals surface area contributed by atoms with Crippen LogP contribution in [0.3, 0.4) is 0 Å². The Morgan fingerprint density at radius 2 is 1.97 bits per heavy atom. The zero-order valence-electron chi connectivity index (χ0n) is 18.0. The molecule has 0 fully saturated rings. The van der Waals surface area contributed by atoms with Gasteiger partial charge in [-0.25, -0.2) is 4.98 Å². The van der Waals surface area contributed by atoms with Crippen LogP contribution in [0.25, 0.3) is 10.2 Å². The number of aryl methyl sites for hydroxylation is 1. The topological polar surface area (TPSA) is 119 Å². The molecule has 9 nitrogen and oxygen atoms in total. The highest BCUT2D eigenvalue weighted by Gasteiger charge is 2.30. The summed E-state index contributed by atoms with van der Waals surface area (Å²) in [5.41, 5.74) is -1.27. The first-order chi connectivity index (χ1) is 16.0. The van der Waals surface area contributed by atoms with E-state index in [9.17, 15) is 32.3 Å². The molecule has 2 heterocycles. The van der Waals surface area contributed by atoms with Gasteiger partial charge in [0.05, 0.1) is 28.8 Å². The van der Waals surface area contributed by atoms with Gasteiger partial charge in [0.2, 0.25) is 5.91 Å². The quantitative estimate of drug-likeness (QED) is 0.486.